The number of amides is 4. The van der Waals surface area contributed by atoms with Crippen LogP contribution in [0.25, 0.3) is 0 Å². The van der Waals surface area contributed by atoms with E-state index in [9.17, 15) is 14.4 Å². The van der Waals surface area contributed by atoms with Crippen LogP contribution in [0.15, 0.2) is 48.5 Å². The number of rotatable bonds is 5. The number of hydrogen-bond acceptors (Lipinski definition) is 3. The monoisotopic (exact) mass is 380 g/mol. The first kappa shape index (κ1) is 19.4. The second-order valence-corrected chi connectivity index (χ2v) is 6.64. The van der Waals surface area contributed by atoms with E-state index < -0.39 is 0 Å². The zero-order valence-electron chi connectivity index (χ0n) is 16.1. The summed E-state index contributed by atoms with van der Waals surface area (Å²) in [7, 11) is 1.72. The zero-order chi connectivity index (χ0) is 20.1. The summed E-state index contributed by atoms with van der Waals surface area (Å²) in [5.41, 5.74) is 2.18. The van der Waals surface area contributed by atoms with E-state index in [-0.39, 0.29) is 17.8 Å². The Labute approximate surface area is 164 Å². The van der Waals surface area contributed by atoms with Crippen molar-refractivity contribution in [1.29, 1.82) is 0 Å². The normalized spacial score (nSPS) is 13.6. The smallest absolute Gasteiger partial charge is 0.321 e. The number of anilines is 2. The molecule has 0 atom stereocenters. The maximum absolute atomic E-state index is 12.7. The number of benzene rings is 2. The van der Waals surface area contributed by atoms with Crippen molar-refractivity contribution in [3.63, 3.8) is 0 Å². The minimum absolute atomic E-state index is 0.129. The van der Waals surface area contributed by atoms with Crippen LogP contribution in [0.5, 0.6) is 0 Å². The third kappa shape index (κ3) is 4.31. The van der Waals surface area contributed by atoms with Crippen molar-refractivity contribution in [2.75, 3.05) is 36.9 Å². The highest BCUT2D eigenvalue weighted by Gasteiger charge is 2.19. The molecule has 1 fully saturated rings. The largest absolute Gasteiger partial charge is 0.342 e. The summed E-state index contributed by atoms with van der Waals surface area (Å²) >= 11 is 0. The molecule has 146 valence electrons. The van der Waals surface area contributed by atoms with E-state index in [4.69, 9.17) is 0 Å². The molecular weight excluding hydrogens is 356 g/mol. The lowest BCUT2D eigenvalue weighted by Gasteiger charge is -2.27. The van der Waals surface area contributed by atoms with E-state index in [1.54, 1.807) is 59.3 Å². The van der Waals surface area contributed by atoms with Crippen LogP contribution >= 0.6 is 0 Å². The number of nitrogens with zero attached hydrogens (tertiary/aromatic N) is 2. The Balaban J connectivity index is 1.76. The fourth-order valence-corrected chi connectivity index (χ4v) is 2.99. The first-order valence-corrected chi connectivity index (χ1v) is 9.32. The quantitative estimate of drug-likeness (QED) is 0.837. The van der Waals surface area contributed by atoms with Gasteiger partial charge in [0.15, 0.2) is 0 Å². The van der Waals surface area contributed by atoms with Gasteiger partial charge in [0.25, 0.3) is 11.8 Å². The molecule has 1 aliphatic rings. The molecular formula is C21H24N4O3. The number of carbonyl (C=O) groups is 3. The van der Waals surface area contributed by atoms with Crippen LogP contribution in [0.3, 0.4) is 0 Å². The number of carbonyl (C=O) groups excluding carboxylic acids is 3. The van der Waals surface area contributed by atoms with E-state index in [0.29, 0.717) is 36.4 Å². The molecule has 2 aromatic carbocycles. The van der Waals surface area contributed by atoms with Crippen molar-refractivity contribution < 1.29 is 14.4 Å². The Morgan fingerprint density at radius 1 is 1.14 bits per heavy atom. The summed E-state index contributed by atoms with van der Waals surface area (Å²) in [5, 5.41) is 5.65. The lowest BCUT2D eigenvalue weighted by Crippen LogP contribution is -2.46. The van der Waals surface area contributed by atoms with Crippen molar-refractivity contribution in [3.8, 4) is 0 Å². The Morgan fingerprint density at radius 3 is 2.64 bits per heavy atom. The van der Waals surface area contributed by atoms with Crippen LogP contribution in [0.2, 0.25) is 0 Å². The van der Waals surface area contributed by atoms with E-state index in [1.165, 1.54) is 0 Å². The van der Waals surface area contributed by atoms with Gasteiger partial charge in [0.2, 0.25) is 0 Å². The van der Waals surface area contributed by atoms with Gasteiger partial charge < -0.3 is 15.5 Å². The number of hydrogen-bond donors (Lipinski definition) is 2. The Hall–Kier alpha value is -3.35. The van der Waals surface area contributed by atoms with Gasteiger partial charge in [-0.15, -0.1) is 0 Å². The van der Waals surface area contributed by atoms with Gasteiger partial charge in [-0.1, -0.05) is 12.1 Å². The number of urea groups is 1. The van der Waals surface area contributed by atoms with Crippen LogP contribution in [-0.2, 0) is 0 Å². The molecule has 0 radical (unpaired) electrons. The Bertz CT molecular complexity index is 897. The molecule has 0 spiro atoms. The van der Waals surface area contributed by atoms with E-state index >= 15 is 0 Å². The predicted octanol–water partition coefficient (Wildman–Crippen LogP) is 2.95. The maximum Gasteiger partial charge on any atom is 0.321 e. The molecule has 4 amide bonds. The van der Waals surface area contributed by atoms with E-state index in [1.807, 2.05) is 13.0 Å². The first-order valence-electron chi connectivity index (χ1n) is 9.32. The van der Waals surface area contributed by atoms with Gasteiger partial charge >= 0.3 is 6.03 Å². The third-order valence-electron chi connectivity index (χ3n) is 4.69. The van der Waals surface area contributed by atoms with Crippen LogP contribution < -0.4 is 15.5 Å². The van der Waals surface area contributed by atoms with Crippen molar-refractivity contribution >= 4 is 29.2 Å². The molecule has 3 rings (SSSR count). The van der Waals surface area contributed by atoms with Gasteiger partial charge in [-0.25, -0.2) is 4.79 Å². The molecule has 0 unspecified atom stereocenters. The lowest BCUT2D eigenvalue weighted by molar-refractivity contribution is 0.0802. The topological polar surface area (TPSA) is 81.8 Å². The van der Waals surface area contributed by atoms with Crippen LogP contribution in [0, 0.1) is 0 Å². The molecule has 1 aliphatic heterocycles. The highest BCUT2D eigenvalue weighted by atomic mass is 16.2. The zero-order valence-corrected chi connectivity index (χ0v) is 16.1. The lowest BCUT2D eigenvalue weighted by atomic mass is 10.1. The summed E-state index contributed by atoms with van der Waals surface area (Å²) in [6.07, 6.45) is 0.870. The molecule has 0 bridgehead atoms. The van der Waals surface area contributed by atoms with Gasteiger partial charge in [0, 0.05) is 49.2 Å². The summed E-state index contributed by atoms with van der Waals surface area (Å²) < 4.78 is 0. The molecule has 28 heavy (non-hydrogen) atoms. The van der Waals surface area contributed by atoms with Crippen molar-refractivity contribution in [2.24, 2.45) is 0 Å². The highest BCUT2D eigenvalue weighted by molar-refractivity contribution is 6.06. The standard InChI is InChI=1S/C21H24N4O3/c1-3-24(2)20(27)16-8-4-7-15(13-16)19(26)23-17-9-5-10-18(14-17)25-12-6-11-22-21(25)28/h4-5,7-10,13-14H,3,6,11-12H2,1-2H3,(H,22,28)(H,23,26). The summed E-state index contributed by atoms with van der Waals surface area (Å²) in [6.45, 7) is 3.79. The average molecular weight is 380 g/mol. The molecule has 0 aromatic heterocycles. The van der Waals surface area contributed by atoms with Crippen LogP contribution in [0.1, 0.15) is 34.1 Å². The highest BCUT2D eigenvalue weighted by Crippen LogP contribution is 2.22. The molecule has 2 N–H and O–H groups in total. The second kappa shape index (κ2) is 8.56. The van der Waals surface area contributed by atoms with Gasteiger partial charge in [-0.2, -0.15) is 0 Å². The predicted molar refractivity (Wildman–Crippen MR) is 109 cm³/mol. The first-order chi connectivity index (χ1) is 13.5. The van der Waals surface area contributed by atoms with Crippen LogP contribution in [-0.4, -0.2) is 49.4 Å². The average Bonchev–Trinajstić information content (AvgIpc) is 2.73. The van der Waals surface area contributed by atoms with Gasteiger partial charge in [-0.05, 0) is 49.7 Å². The summed E-state index contributed by atoms with van der Waals surface area (Å²) in [5.74, 6) is -0.440. The molecule has 1 heterocycles. The summed E-state index contributed by atoms with van der Waals surface area (Å²) in [4.78, 5) is 40.2. The van der Waals surface area contributed by atoms with E-state index in [0.717, 1.165) is 12.1 Å². The molecule has 7 nitrogen and oxygen atoms in total. The maximum atomic E-state index is 12.7. The van der Waals surface area contributed by atoms with Crippen molar-refractivity contribution in [2.45, 2.75) is 13.3 Å². The summed E-state index contributed by atoms with van der Waals surface area (Å²) in [6, 6.07) is 13.7. The molecule has 1 saturated heterocycles. The minimum Gasteiger partial charge on any atom is -0.342 e. The Kier molecular flexibility index (Phi) is 5.93. The SMILES string of the molecule is CCN(C)C(=O)c1cccc(C(=O)Nc2cccc(N3CCCNC3=O)c2)c1. The number of nitrogens with one attached hydrogen (secondary N) is 2. The molecule has 2 aromatic rings. The molecule has 7 heteroatoms. The van der Waals surface area contributed by atoms with Gasteiger partial charge in [0.1, 0.15) is 0 Å². The minimum atomic E-state index is -0.311. The van der Waals surface area contributed by atoms with Gasteiger partial charge in [-0.3, -0.25) is 14.5 Å². The molecule has 0 aliphatic carbocycles. The van der Waals surface area contributed by atoms with Crippen LogP contribution in [0.4, 0.5) is 16.2 Å². The molecule has 0 saturated carbocycles. The Morgan fingerprint density at radius 2 is 1.89 bits per heavy atom. The fourth-order valence-electron chi connectivity index (χ4n) is 2.99. The second-order valence-electron chi connectivity index (χ2n) is 6.64. The van der Waals surface area contributed by atoms with Crippen molar-refractivity contribution in [1.82, 2.24) is 10.2 Å². The fraction of sp³-hybridized carbons (Fsp3) is 0.286. The van der Waals surface area contributed by atoms with E-state index in [2.05, 4.69) is 10.6 Å². The van der Waals surface area contributed by atoms with Crippen molar-refractivity contribution in [3.05, 3.63) is 59.7 Å². The third-order valence-corrected chi connectivity index (χ3v) is 4.69. The van der Waals surface area contributed by atoms with Gasteiger partial charge in [0.05, 0.1) is 0 Å².